The summed E-state index contributed by atoms with van der Waals surface area (Å²) in [6, 6.07) is 5.52. The Morgan fingerprint density at radius 2 is 2.27 bits per heavy atom. The van der Waals surface area contributed by atoms with E-state index in [1.54, 1.807) is 13.0 Å². The normalized spacial score (nSPS) is 16.1. The quantitative estimate of drug-likeness (QED) is 0.604. The zero-order valence-corrected chi connectivity index (χ0v) is 8.69. The molecule has 0 unspecified atom stereocenters. The molecule has 0 atom stereocenters. The van der Waals surface area contributed by atoms with Gasteiger partial charge in [0.05, 0.1) is 4.92 Å². The van der Waals surface area contributed by atoms with Gasteiger partial charge in [-0.2, -0.15) is 0 Å². The molecule has 0 bridgehead atoms. The van der Waals surface area contributed by atoms with Gasteiger partial charge in [-0.1, -0.05) is 12.1 Å². The van der Waals surface area contributed by atoms with Crippen LogP contribution in [0, 0.1) is 23.0 Å². The minimum atomic E-state index is -0.308. The largest absolute Gasteiger partial charge is 0.316 e. The van der Waals surface area contributed by atoms with Gasteiger partial charge < -0.3 is 5.32 Å². The van der Waals surface area contributed by atoms with Gasteiger partial charge in [0.1, 0.15) is 0 Å². The molecule has 1 saturated heterocycles. The van der Waals surface area contributed by atoms with Crippen LogP contribution in [0.5, 0.6) is 0 Å². The molecule has 0 radical (unpaired) electrons. The topological polar surface area (TPSA) is 55.2 Å². The molecule has 1 heterocycles. The van der Waals surface area contributed by atoms with E-state index in [0.717, 1.165) is 30.6 Å². The van der Waals surface area contributed by atoms with Crippen molar-refractivity contribution in [2.75, 3.05) is 13.1 Å². The fourth-order valence-corrected chi connectivity index (χ4v) is 1.80. The summed E-state index contributed by atoms with van der Waals surface area (Å²) in [5.41, 5.74) is 2.04. The van der Waals surface area contributed by atoms with Gasteiger partial charge in [-0.25, -0.2) is 0 Å². The first-order chi connectivity index (χ1) is 7.16. The SMILES string of the molecule is Cc1ccc(CC2CNC2)cc1[N+](=O)[O-]. The van der Waals surface area contributed by atoms with E-state index in [-0.39, 0.29) is 10.6 Å². The van der Waals surface area contributed by atoms with E-state index in [1.165, 1.54) is 0 Å². The van der Waals surface area contributed by atoms with E-state index in [9.17, 15) is 10.1 Å². The van der Waals surface area contributed by atoms with Crippen molar-refractivity contribution in [3.8, 4) is 0 Å². The van der Waals surface area contributed by atoms with Crippen molar-refractivity contribution in [3.05, 3.63) is 39.4 Å². The highest BCUT2D eigenvalue weighted by Gasteiger charge is 2.18. The van der Waals surface area contributed by atoms with E-state index in [0.29, 0.717) is 5.92 Å². The first kappa shape index (κ1) is 10.1. The first-order valence-electron chi connectivity index (χ1n) is 5.11. The molecule has 1 aliphatic rings. The molecule has 0 aromatic heterocycles. The van der Waals surface area contributed by atoms with Crippen LogP contribution in [0.3, 0.4) is 0 Å². The van der Waals surface area contributed by atoms with Crippen molar-refractivity contribution < 1.29 is 4.92 Å². The lowest BCUT2D eigenvalue weighted by Crippen LogP contribution is -2.43. The monoisotopic (exact) mass is 206 g/mol. The molecular formula is C11H14N2O2. The molecule has 1 aromatic carbocycles. The van der Waals surface area contributed by atoms with Crippen LogP contribution in [-0.4, -0.2) is 18.0 Å². The van der Waals surface area contributed by atoms with Gasteiger partial charge in [0.25, 0.3) is 5.69 Å². The Morgan fingerprint density at radius 1 is 1.53 bits per heavy atom. The minimum Gasteiger partial charge on any atom is -0.316 e. The maximum Gasteiger partial charge on any atom is 0.272 e. The summed E-state index contributed by atoms with van der Waals surface area (Å²) >= 11 is 0. The second-order valence-electron chi connectivity index (χ2n) is 4.11. The van der Waals surface area contributed by atoms with Gasteiger partial charge in [-0.15, -0.1) is 0 Å². The Hall–Kier alpha value is -1.42. The van der Waals surface area contributed by atoms with Crippen LogP contribution in [0.1, 0.15) is 11.1 Å². The molecule has 15 heavy (non-hydrogen) atoms. The van der Waals surface area contributed by atoms with E-state index in [2.05, 4.69) is 5.32 Å². The van der Waals surface area contributed by atoms with Crippen LogP contribution in [0.25, 0.3) is 0 Å². The molecule has 0 amide bonds. The highest BCUT2D eigenvalue weighted by molar-refractivity contribution is 5.42. The Morgan fingerprint density at radius 3 is 2.80 bits per heavy atom. The Bertz CT molecular complexity index is 386. The van der Waals surface area contributed by atoms with Gasteiger partial charge in [0, 0.05) is 11.6 Å². The number of nitrogens with one attached hydrogen (secondary N) is 1. The maximum atomic E-state index is 10.7. The molecule has 1 aliphatic heterocycles. The fourth-order valence-electron chi connectivity index (χ4n) is 1.80. The molecule has 2 rings (SSSR count). The Balaban J connectivity index is 2.17. The summed E-state index contributed by atoms with van der Waals surface area (Å²) in [6.07, 6.45) is 0.939. The second kappa shape index (κ2) is 3.98. The third-order valence-electron chi connectivity index (χ3n) is 2.86. The lowest BCUT2D eigenvalue weighted by Gasteiger charge is -2.26. The predicted molar refractivity (Wildman–Crippen MR) is 57.9 cm³/mol. The molecule has 1 fully saturated rings. The summed E-state index contributed by atoms with van der Waals surface area (Å²) < 4.78 is 0. The van der Waals surface area contributed by atoms with Gasteiger partial charge >= 0.3 is 0 Å². The molecule has 0 saturated carbocycles. The number of rotatable bonds is 3. The molecule has 0 aliphatic carbocycles. The summed E-state index contributed by atoms with van der Waals surface area (Å²) in [4.78, 5) is 10.4. The van der Waals surface area contributed by atoms with E-state index >= 15 is 0 Å². The minimum absolute atomic E-state index is 0.236. The third-order valence-corrected chi connectivity index (χ3v) is 2.86. The van der Waals surface area contributed by atoms with Crippen molar-refractivity contribution in [1.29, 1.82) is 0 Å². The zero-order valence-electron chi connectivity index (χ0n) is 8.69. The van der Waals surface area contributed by atoms with Crippen molar-refractivity contribution in [3.63, 3.8) is 0 Å². The van der Waals surface area contributed by atoms with Crippen molar-refractivity contribution >= 4 is 5.69 Å². The summed E-state index contributed by atoms with van der Waals surface area (Å²) in [5, 5.41) is 13.9. The molecule has 1 aromatic rings. The van der Waals surface area contributed by atoms with E-state index < -0.39 is 0 Å². The van der Waals surface area contributed by atoms with Crippen molar-refractivity contribution in [2.45, 2.75) is 13.3 Å². The molecule has 0 spiro atoms. The van der Waals surface area contributed by atoms with Gasteiger partial charge in [-0.3, -0.25) is 10.1 Å². The van der Waals surface area contributed by atoms with Gasteiger partial charge in [0.15, 0.2) is 0 Å². The molecule has 1 N–H and O–H groups in total. The number of aryl methyl sites for hydroxylation is 1. The van der Waals surface area contributed by atoms with E-state index in [1.807, 2.05) is 12.1 Å². The van der Waals surface area contributed by atoms with Crippen molar-refractivity contribution in [1.82, 2.24) is 5.32 Å². The van der Waals surface area contributed by atoms with Crippen LogP contribution in [0.2, 0.25) is 0 Å². The maximum absolute atomic E-state index is 10.7. The predicted octanol–water partition coefficient (Wildman–Crippen LogP) is 1.67. The molecular weight excluding hydrogens is 192 g/mol. The summed E-state index contributed by atoms with van der Waals surface area (Å²) in [5.74, 6) is 0.646. The number of hydrogen-bond donors (Lipinski definition) is 1. The van der Waals surface area contributed by atoms with Crippen LogP contribution in [-0.2, 0) is 6.42 Å². The van der Waals surface area contributed by atoms with Crippen LogP contribution < -0.4 is 5.32 Å². The van der Waals surface area contributed by atoms with Gasteiger partial charge in [-0.05, 0) is 37.9 Å². The second-order valence-corrected chi connectivity index (χ2v) is 4.11. The zero-order chi connectivity index (χ0) is 10.8. The standard InChI is InChI=1S/C11H14N2O2/c1-8-2-3-9(4-10-6-12-7-10)5-11(8)13(14)15/h2-3,5,10,12H,4,6-7H2,1H3. The average Bonchev–Trinajstić information content (AvgIpc) is 2.13. The lowest BCUT2D eigenvalue weighted by molar-refractivity contribution is -0.385. The third kappa shape index (κ3) is 2.15. The summed E-state index contributed by atoms with van der Waals surface area (Å²) in [7, 11) is 0. The molecule has 80 valence electrons. The highest BCUT2D eigenvalue weighted by atomic mass is 16.6. The molecule has 4 nitrogen and oxygen atoms in total. The van der Waals surface area contributed by atoms with Crippen LogP contribution in [0.15, 0.2) is 18.2 Å². The smallest absolute Gasteiger partial charge is 0.272 e. The first-order valence-corrected chi connectivity index (χ1v) is 5.11. The number of hydrogen-bond acceptors (Lipinski definition) is 3. The Kier molecular flexibility index (Phi) is 2.68. The number of benzene rings is 1. The number of nitro benzene ring substituents is 1. The summed E-state index contributed by atoms with van der Waals surface area (Å²) in [6.45, 7) is 3.83. The average molecular weight is 206 g/mol. The number of nitro groups is 1. The van der Waals surface area contributed by atoms with Gasteiger partial charge in [0.2, 0.25) is 0 Å². The van der Waals surface area contributed by atoms with Crippen LogP contribution >= 0.6 is 0 Å². The Labute approximate surface area is 88.5 Å². The number of nitrogens with zero attached hydrogens (tertiary/aromatic N) is 1. The lowest BCUT2D eigenvalue weighted by atomic mass is 9.93. The highest BCUT2D eigenvalue weighted by Crippen LogP contribution is 2.21. The molecule has 4 heteroatoms. The van der Waals surface area contributed by atoms with E-state index in [4.69, 9.17) is 0 Å². The van der Waals surface area contributed by atoms with Crippen molar-refractivity contribution in [2.24, 2.45) is 5.92 Å². The van der Waals surface area contributed by atoms with Crippen LogP contribution in [0.4, 0.5) is 5.69 Å². The fraction of sp³-hybridized carbons (Fsp3) is 0.455.